The molecular weight excluding hydrogens is 695 g/mol. The van der Waals surface area contributed by atoms with Gasteiger partial charge in [-0.2, -0.15) is 0 Å². The van der Waals surface area contributed by atoms with Crippen LogP contribution in [0, 0.1) is 23.7 Å². The lowest BCUT2D eigenvalue weighted by Gasteiger charge is -2.63. The van der Waals surface area contributed by atoms with Crippen molar-refractivity contribution in [3.8, 4) is 22.3 Å². The monoisotopic (exact) mass is 747 g/mol. The second kappa shape index (κ2) is 12.7. The quantitative estimate of drug-likeness (QED) is 0.173. The zero-order valence-corrected chi connectivity index (χ0v) is 34.2. The highest BCUT2D eigenvalue weighted by molar-refractivity contribution is 7.99. The van der Waals surface area contributed by atoms with Crippen molar-refractivity contribution in [1.82, 2.24) is 0 Å². The Morgan fingerprint density at radius 1 is 0.429 bits per heavy atom. The molecule has 0 saturated heterocycles. The number of fused-ring (bicyclic) bond motifs is 3. The van der Waals surface area contributed by atoms with Gasteiger partial charge in [0.1, 0.15) is 0 Å². The number of nitrogens with zero attached hydrogens (tertiary/aromatic N) is 1. The molecule has 56 heavy (non-hydrogen) atoms. The van der Waals surface area contributed by atoms with Gasteiger partial charge in [0.2, 0.25) is 0 Å². The van der Waals surface area contributed by atoms with E-state index in [0.717, 1.165) is 11.8 Å². The molecule has 0 aromatic heterocycles. The Morgan fingerprint density at radius 2 is 0.946 bits per heavy atom. The van der Waals surface area contributed by atoms with E-state index in [2.05, 4.69) is 172 Å². The van der Waals surface area contributed by atoms with Crippen molar-refractivity contribution in [2.45, 2.75) is 98.7 Å². The van der Waals surface area contributed by atoms with Crippen molar-refractivity contribution in [2.75, 3.05) is 4.90 Å². The zero-order chi connectivity index (χ0) is 37.8. The van der Waals surface area contributed by atoms with Gasteiger partial charge in [0.05, 0.1) is 0 Å². The van der Waals surface area contributed by atoms with Crippen molar-refractivity contribution in [2.24, 2.45) is 23.7 Å². The van der Waals surface area contributed by atoms with Gasteiger partial charge in [0, 0.05) is 32.3 Å². The van der Waals surface area contributed by atoms with Gasteiger partial charge in [0.25, 0.3) is 0 Å². The van der Waals surface area contributed by atoms with Crippen LogP contribution in [0.25, 0.3) is 22.3 Å². The molecule has 0 radical (unpaired) electrons. The third kappa shape index (κ3) is 5.34. The molecule has 5 aliphatic carbocycles. The predicted octanol–water partition coefficient (Wildman–Crippen LogP) is 15.0. The summed E-state index contributed by atoms with van der Waals surface area (Å²) >= 11 is 2.02. The van der Waals surface area contributed by atoms with Crippen LogP contribution in [0.15, 0.2) is 149 Å². The van der Waals surface area contributed by atoms with Crippen LogP contribution < -0.4 is 4.90 Å². The molecule has 6 aromatic carbocycles. The van der Waals surface area contributed by atoms with Crippen molar-refractivity contribution in [1.29, 1.82) is 0 Å². The summed E-state index contributed by atoms with van der Waals surface area (Å²) in [7, 11) is 0. The highest BCUT2D eigenvalue weighted by atomic mass is 32.2. The maximum atomic E-state index is 2.62. The van der Waals surface area contributed by atoms with Crippen LogP contribution in [0.1, 0.15) is 94.9 Å². The van der Waals surface area contributed by atoms with Gasteiger partial charge in [-0.05, 0) is 172 Å². The first-order valence-electron chi connectivity index (χ1n) is 21.3. The van der Waals surface area contributed by atoms with Gasteiger partial charge in [0.15, 0.2) is 0 Å². The van der Waals surface area contributed by atoms with E-state index in [4.69, 9.17) is 0 Å². The van der Waals surface area contributed by atoms with Crippen molar-refractivity contribution in [3.05, 3.63) is 162 Å². The molecule has 0 atom stereocenters. The summed E-state index contributed by atoms with van der Waals surface area (Å²) in [6, 6.07) is 53.7. The largest absolute Gasteiger partial charge is 0.310 e. The number of anilines is 3. The van der Waals surface area contributed by atoms with Crippen LogP contribution in [-0.2, 0) is 16.2 Å². The van der Waals surface area contributed by atoms with Crippen LogP contribution in [0.4, 0.5) is 17.1 Å². The van der Waals surface area contributed by atoms with Crippen LogP contribution in [0.3, 0.4) is 0 Å². The Kier molecular flexibility index (Phi) is 7.89. The number of hydrogen-bond acceptors (Lipinski definition) is 2. The van der Waals surface area contributed by atoms with E-state index in [9.17, 15) is 0 Å². The second-order valence-corrected chi connectivity index (χ2v) is 20.4. The molecule has 1 spiro atoms. The Hall–Kier alpha value is -4.53. The summed E-state index contributed by atoms with van der Waals surface area (Å²) in [4.78, 5) is 5.48. The Morgan fingerprint density at radius 3 is 1.59 bits per heavy atom. The molecule has 4 bridgehead atoms. The fraction of sp³-hybridized carbons (Fsp3) is 0.333. The van der Waals surface area contributed by atoms with Crippen LogP contribution >= 0.6 is 11.8 Å². The maximum Gasteiger partial charge on any atom is 0.0473 e. The van der Waals surface area contributed by atoms with Crippen LogP contribution in [0.2, 0.25) is 0 Å². The van der Waals surface area contributed by atoms with E-state index in [1.807, 2.05) is 11.8 Å². The highest BCUT2D eigenvalue weighted by Crippen LogP contribution is 2.69. The van der Waals surface area contributed by atoms with E-state index in [1.165, 1.54) is 105 Å². The molecule has 12 rings (SSSR count). The molecule has 0 amide bonds. The molecule has 1 heterocycles. The van der Waals surface area contributed by atoms with Gasteiger partial charge in [-0.1, -0.05) is 130 Å². The summed E-state index contributed by atoms with van der Waals surface area (Å²) in [5.74, 6) is 3.24. The minimum Gasteiger partial charge on any atom is -0.310 e. The molecule has 6 aliphatic rings. The van der Waals surface area contributed by atoms with Gasteiger partial charge < -0.3 is 4.90 Å². The van der Waals surface area contributed by atoms with E-state index in [-0.39, 0.29) is 16.2 Å². The van der Waals surface area contributed by atoms with E-state index in [0.29, 0.717) is 11.8 Å². The minimum atomic E-state index is 0.0796. The van der Waals surface area contributed by atoms with Gasteiger partial charge in [-0.3, -0.25) is 0 Å². The number of hydrogen-bond donors (Lipinski definition) is 0. The average Bonchev–Trinajstić information content (AvgIpc) is 3.22. The molecule has 6 aromatic rings. The van der Waals surface area contributed by atoms with Gasteiger partial charge >= 0.3 is 0 Å². The fourth-order valence-electron chi connectivity index (χ4n) is 12.5. The van der Waals surface area contributed by atoms with Crippen LogP contribution in [0.5, 0.6) is 0 Å². The first kappa shape index (κ1) is 34.7. The first-order valence-corrected chi connectivity index (χ1v) is 22.1. The smallest absolute Gasteiger partial charge is 0.0473 e. The normalized spacial score (nSPS) is 26.0. The highest BCUT2D eigenvalue weighted by Gasteiger charge is 2.60. The van der Waals surface area contributed by atoms with Crippen molar-refractivity contribution >= 4 is 28.8 Å². The SMILES string of the molecule is CC1(C)CCC(C)(C)c2cc(N(c3ccc(-c4ccccc4)cc3)c3ccc4c(c3)Sc3ccc(-c5ccccc5)cc3C43C4CC5CC(C4)CC3C5)ccc21. The summed E-state index contributed by atoms with van der Waals surface area (Å²) < 4.78 is 0. The van der Waals surface area contributed by atoms with E-state index < -0.39 is 0 Å². The molecule has 1 nitrogen and oxygen atoms in total. The van der Waals surface area contributed by atoms with E-state index >= 15 is 0 Å². The lowest BCUT2D eigenvalue weighted by atomic mass is 9.42. The molecule has 280 valence electrons. The van der Waals surface area contributed by atoms with Crippen LogP contribution in [-0.4, -0.2) is 0 Å². The average molecular weight is 748 g/mol. The lowest BCUT2D eigenvalue weighted by Crippen LogP contribution is -2.57. The molecule has 4 fully saturated rings. The van der Waals surface area contributed by atoms with E-state index in [1.54, 1.807) is 11.1 Å². The fourth-order valence-corrected chi connectivity index (χ4v) is 13.7. The molecule has 1 aliphatic heterocycles. The topological polar surface area (TPSA) is 3.24 Å². The Balaban J connectivity index is 1.08. The summed E-state index contributed by atoms with van der Waals surface area (Å²) in [6.45, 7) is 9.76. The first-order chi connectivity index (χ1) is 27.2. The molecule has 0 N–H and O–H groups in total. The second-order valence-electron chi connectivity index (χ2n) is 19.3. The van der Waals surface area contributed by atoms with Crippen molar-refractivity contribution in [3.63, 3.8) is 0 Å². The third-order valence-electron chi connectivity index (χ3n) is 15.2. The summed E-state index contributed by atoms with van der Waals surface area (Å²) in [5, 5.41) is 0. The molecule has 2 heteroatoms. The minimum absolute atomic E-state index is 0.0796. The summed E-state index contributed by atoms with van der Waals surface area (Å²) in [5.41, 5.74) is 15.5. The Labute approximate surface area is 338 Å². The van der Waals surface area contributed by atoms with Crippen molar-refractivity contribution < 1.29 is 0 Å². The summed E-state index contributed by atoms with van der Waals surface area (Å²) in [6.07, 6.45) is 9.43. The zero-order valence-electron chi connectivity index (χ0n) is 33.4. The third-order valence-corrected chi connectivity index (χ3v) is 16.3. The van der Waals surface area contributed by atoms with Gasteiger partial charge in [-0.15, -0.1) is 0 Å². The number of rotatable bonds is 5. The molecule has 4 saturated carbocycles. The van der Waals surface area contributed by atoms with Gasteiger partial charge in [-0.25, -0.2) is 0 Å². The number of benzene rings is 6. The molecule has 0 unspecified atom stereocenters. The lowest BCUT2D eigenvalue weighted by molar-refractivity contribution is -0.0443. The maximum absolute atomic E-state index is 2.62. The predicted molar refractivity (Wildman–Crippen MR) is 236 cm³/mol. The standard InChI is InChI=1S/C54H53NS/c1-52(2)25-26-53(3,4)48-33-44(20-22-46(48)52)55(43-18-15-39(16-19-43)37-11-7-5-8-12-37)45-21-23-47-51(34-45)56-50-24-17-40(38-13-9-6-10-14-38)32-49(50)54(47)41-28-35-27-36(30-41)31-42(54)29-35/h5-24,32-36,41-42H,25-31H2,1-4H3. The Bertz CT molecular complexity index is 2430. The molecular formula is C54H53NS.